The molecule has 2 heterocycles. The van der Waals surface area contributed by atoms with Crippen LogP contribution in [0.5, 0.6) is 5.75 Å². The normalized spacial score (nSPS) is 20.1. The number of halogens is 1. The Hall–Kier alpha value is -2.05. The van der Waals surface area contributed by atoms with Crippen molar-refractivity contribution >= 4 is 18.3 Å². The number of carbonyl (C=O) groups is 1. The van der Waals surface area contributed by atoms with Crippen molar-refractivity contribution in [3.8, 4) is 17.0 Å². The zero-order valence-corrected chi connectivity index (χ0v) is 14.7. The van der Waals surface area contributed by atoms with Crippen molar-refractivity contribution in [3.05, 3.63) is 36.0 Å². The molecule has 1 aromatic heterocycles. The molecule has 1 fully saturated rings. The first-order valence-electron chi connectivity index (χ1n) is 7.88. The number of hydrogen-bond donors (Lipinski definition) is 3. The Kier molecular flexibility index (Phi) is 6.23. The summed E-state index contributed by atoms with van der Waals surface area (Å²) in [4.78, 5) is 12.6. The van der Waals surface area contributed by atoms with Crippen LogP contribution >= 0.6 is 12.4 Å². The zero-order chi connectivity index (χ0) is 16.2. The molecule has 2 aromatic rings. The van der Waals surface area contributed by atoms with E-state index >= 15 is 0 Å². The highest BCUT2D eigenvalue weighted by Crippen LogP contribution is 2.24. The summed E-state index contributed by atoms with van der Waals surface area (Å²) in [6.45, 7) is 3.99. The van der Waals surface area contributed by atoms with E-state index in [1.807, 2.05) is 24.3 Å². The number of methoxy groups -OCH3 is 1. The van der Waals surface area contributed by atoms with Gasteiger partial charge in [-0.25, -0.2) is 0 Å². The summed E-state index contributed by atoms with van der Waals surface area (Å²) in [5, 5.41) is 13.4. The fourth-order valence-corrected chi connectivity index (χ4v) is 2.87. The number of amides is 1. The fourth-order valence-electron chi connectivity index (χ4n) is 2.87. The van der Waals surface area contributed by atoms with Gasteiger partial charge >= 0.3 is 0 Å². The topological polar surface area (TPSA) is 79.0 Å². The second-order valence-corrected chi connectivity index (χ2v) is 5.94. The maximum atomic E-state index is 12.6. The molecule has 130 valence electrons. The minimum absolute atomic E-state index is 0. The van der Waals surface area contributed by atoms with E-state index in [1.165, 1.54) is 0 Å². The van der Waals surface area contributed by atoms with Gasteiger partial charge in [-0.3, -0.25) is 9.89 Å². The molecule has 1 amide bonds. The lowest BCUT2D eigenvalue weighted by atomic mass is 9.94. The average Bonchev–Trinajstić information content (AvgIpc) is 3.07. The number of nitrogens with one attached hydrogen (secondary N) is 3. The van der Waals surface area contributed by atoms with Crippen LogP contribution < -0.4 is 15.4 Å². The Balaban J connectivity index is 0.00000208. The van der Waals surface area contributed by atoms with E-state index < -0.39 is 0 Å². The maximum Gasteiger partial charge on any atom is 0.255 e. The standard InChI is InChI=1S/C17H22N4O2.ClH/c1-11-7-8-18-10-15(11)20-17(22)14-9-19-21-16(14)12-3-5-13(23-2)6-4-12;/h3-6,9,11,15,18H,7-8,10H2,1-2H3,(H,19,21)(H,20,22);1H. The maximum absolute atomic E-state index is 12.6. The lowest BCUT2D eigenvalue weighted by Gasteiger charge is -2.30. The smallest absolute Gasteiger partial charge is 0.255 e. The van der Waals surface area contributed by atoms with Crippen LogP contribution in [-0.4, -0.2) is 42.3 Å². The van der Waals surface area contributed by atoms with Crippen molar-refractivity contribution in [1.29, 1.82) is 0 Å². The van der Waals surface area contributed by atoms with Gasteiger partial charge in [-0.2, -0.15) is 5.10 Å². The number of piperidine rings is 1. The quantitative estimate of drug-likeness (QED) is 0.790. The molecule has 0 radical (unpaired) electrons. The van der Waals surface area contributed by atoms with Gasteiger partial charge in [-0.15, -0.1) is 12.4 Å². The first kappa shape index (κ1) is 18.3. The third-order valence-corrected chi connectivity index (χ3v) is 4.41. The number of benzene rings is 1. The number of H-pyrrole nitrogens is 1. The van der Waals surface area contributed by atoms with Crippen molar-refractivity contribution < 1.29 is 9.53 Å². The Morgan fingerprint density at radius 2 is 2.08 bits per heavy atom. The van der Waals surface area contributed by atoms with E-state index in [4.69, 9.17) is 4.74 Å². The molecule has 1 aromatic carbocycles. The molecule has 2 atom stereocenters. The molecule has 2 unspecified atom stereocenters. The highest BCUT2D eigenvalue weighted by molar-refractivity contribution is 5.99. The Morgan fingerprint density at radius 3 is 2.75 bits per heavy atom. The van der Waals surface area contributed by atoms with Crippen LogP contribution in [-0.2, 0) is 0 Å². The summed E-state index contributed by atoms with van der Waals surface area (Å²) in [6.07, 6.45) is 2.65. The summed E-state index contributed by atoms with van der Waals surface area (Å²) in [7, 11) is 1.63. The molecule has 0 aliphatic carbocycles. The molecule has 7 heteroatoms. The number of carbonyl (C=O) groups excluding carboxylic acids is 1. The summed E-state index contributed by atoms with van der Waals surface area (Å²) >= 11 is 0. The molecule has 0 spiro atoms. The fraction of sp³-hybridized carbons (Fsp3) is 0.412. The second-order valence-electron chi connectivity index (χ2n) is 5.94. The molecule has 3 N–H and O–H groups in total. The molecule has 1 aliphatic heterocycles. The third-order valence-electron chi connectivity index (χ3n) is 4.41. The number of nitrogens with zero attached hydrogens (tertiary/aromatic N) is 1. The van der Waals surface area contributed by atoms with Gasteiger partial charge in [0.15, 0.2) is 0 Å². The Morgan fingerprint density at radius 1 is 1.33 bits per heavy atom. The summed E-state index contributed by atoms with van der Waals surface area (Å²) in [6, 6.07) is 7.70. The van der Waals surface area contributed by atoms with Crippen LogP contribution in [0.4, 0.5) is 0 Å². The first-order valence-corrected chi connectivity index (χ1v) is 7.88. The number of ether oxygens (including phenoxy) is 1. The second kappa shape index (κ2) is 8.17. The van der Waals surface area contributed by atoms with E-state index in [-0.39, 0.29) is 24.4 Å². The van der Waals surface area contributed by atoms with Crippen molar-refractivity contribution in [2.75, 3.05) is 20.2 Å². The summed E-state index contributed by atoms with van der Waals surface area (Å²) < 4.78 is 5.16. The van der Waals surface area contributed by atoms with Gasteiger partial charge in [0, 0.05) is 18.2 Å². The zero-order valence-electron chi connectivity index (χ0n) is 13.8. The summed E-state index contributed by atoms with van der Waals surface area (Å²) in [5.41, 5.74) is 2.19. The van der Waals surface area contributed by atoms with E-state index in [1.54, 1.807) is 13.3 Å². The molecule has 0 bridgehead atoms. The average molecular weight is 351 g/mol. The summed E-state index contributed by atoms with van der Waals surface area (Å²) in [5.74, 6) is 1.16. The van der Waals surface area contributed by atoms with Crippen LogP contribution in [0.25, 0.3) is 11.3 Å². The van der Waals surface area contributed by atoms with E-state index in [2.05, 4.69) is 27.8 Å². The van der Waals surface area contributed by atoms with Crippen LogP contribution in [0.1, 0.15) is 23.7 Å². The minimum atomic E-state index is -0.0925. The monoisotopic (exact) mass is 350 g/mol. The van der Waals surface area contributed by atoms with Crippen LogP contribution in [0.2, 0.25) is 0 Å². The van der Waals surface area contributed by atoms with Gasteiger partial charge < -0.3 is 15.4 Å². The van der Waals surface area contributed by atoms with Crippen molar-refractivity contribution in [2.24, 2.45) is 5.92 Å². The largest absolute Gasteiger partial charge is 0.497 e. The van der Waals surface area contributed by atoms with E-state index in [0.717, 1.165) is 36.5 Å². The van der Waals surface area contributed by atoms with Crippen LogP contribution in [0.3, 0.4) is 0 Å². The van der Waals surface area contributed by atoms with E-state index in [9.17, 15) is 4.79 Å². The van der Waals surface area contributed by atoms with Gasteiger partial charge in [-0.05, 0) is 43.1 Å². The van der Waals surface area contributed by atoms with Gasteiger partial charge in [-0.1, -0.05) is 6.92 Å². The lowest BCUT2D eigenvalue weighted by molar-refractivity contribution is 0.0916. The molecule has 6 nitrogen and oxygen atoms in total. The first-order chi connectivity index (χ1) is 11.2. The van der Waals surface area contributed by atoms with Crippen molar-refractivity contribution in [1.82, 2.24) is 20.8 Å². The SMILES string of the molecule is COc1ccc(-c2[nH]ncc2C(=O)NC2CNCCC2C)cc1.Cl. The van der Waals surface area contributed by atoms with Crippen LogP contribution in [0, 0.1) is 5.92 Å². The van der Waals surface area contributed by atoms with Crippen molar-refractivity contribution in [3.63, 3.8) is 0 Å². The number of aromatic nitrogens is 2. The number of rotatable bonds is 4. The molecule has 1 saturated heterocycles. The highest BCUT2D eigenvalue weighted by atomic mass is 35.5. The third kappa shape index (κ3) is 3.88. The van der Waals surface area contributed by atoms with Gasteiger partial charge in [0.1, 0.15) is 5.75 Å². The van der Waals surface area contributed by atoms with E-state index in [0.29, 0.717) is 11.5 Å². The Bertz CT molecular complexity index is 671. The number of hydrogen-bond acceptors (Lipinski definition) is 4. The van der Waals surface area contributed by atoms with Gasteiger partial charge in [0.05, 0.1) is 24.6 Å². The molecule has 24 heavy (non-hydrogen) atoms. The van der Waals surface area contributed by atoms with Crippen molar-refractivity contribution in [2.45, 2.75) is 19.4 Å². The van der Waals surface area contributed by atoms with Crippen LogP contribution in [0.15, 0.2) is 30.5 Å². The molecular formula is C17H23ClN4O2. The Labute approximate surface area is 147 Å². The molecule has 0 saturated carbocycles. The van der Waals surface area contributed by atoms with Gasteiger partial charge in [0.25, 0.3) is 5.91 Å². The molecular weight excluding hydrogens is 328 g/mol. The van der Waals surface area contributed by atoms with Gasteiger partial charge in [0.2, 0.25) is 0 Å². The minimum Gasteiger partial charge on any atom is -0.497 e. The lowest BCUT2D eigenvalue weighted by Crippen LogP contribution is -2.50. The predicted molar refractivity (Wildman–Crippen MR) is 95.7 cm³/mol. The molecule has 1 aliphatic rings. The highest BCUT2D eigenvalue weighted by Gasteiger charge is 2.24. The number of aromatic amines is 1. The molecule has 3 rings (SSSR count). The predicted octanol–water partition coefficient (Wildman–Crippen LogP) is 2.23.